The van der Waals surface area contributed by atoms with Crippen molar-refractivity contribution in [1.29, 1.82) is 0 Å². The van der Waals surface area contributed by atoms with Crippen LogP contribution >= 0.6 is 0 Å². The van der Waals surface area contributed by atoms with Crippen molar-refractivity contribution < 1.29 is 14.0 Å². The van der Waals surface area contributed by atoms with Crippen LogP contribution in [0.2, 0.25) is 0 Å². The number of hydrogen-bond acceptors (Lipinski definition) is 3. The van der Waals surface area contributed by atoms with Gasteiger partial charge < -0.3 is 15.1 Å². The molecule has 1 heterocycles. The second-order valence-corrected chi connectivity index (χ2v) is 7.71. The Hall–Kier alpha value is -1.78. The molecule has 2 saturated carbocycles. The third-order valence-electron chi connectivity index (χ3n) is 6.51. The summed E-state index contributed by atoms with van der Waals surface area (Å²) in [6.45, 7) is 7.30. The molecule has 5 nitrogen and oxygen atoms in total. The fourth-order valence-corrected chi connectivity index (χ4v) is 4.47. The highest BCUT2D eigenvalue weighted by molar-refractivity contribution is 5.91. The summed E-state index contributed by atoms with van der Waals surface area (Å²) in [6, 6.07) is 3.52. The van der Waals surface area contributed by atoms with Gasteiger partial charge in [-0.25, -0.2) is 0 Å². The predicted molar refractivity (Wildman–Crippen MR) is 86.8 cm³/mol. The maximum absolute atomic E-state index is 12.2. The molecule has 5 heteroatoms. The molecule has 1 aromatic heterocycles. The van der Waals surface area contributed by atoms with E-state index in [9.17, 15) is 9.59 Å². The third kappa shape index (κ3) is 2.66. The van der Waals surface area contributed by atoms with Crippen molar-refractivity contribution in [1.82, 2.24) is 10.6 Å². The van der Waals surface area contributed by atoms with Crippen LogP contribution < -0.4 is 10.6 Å². The van der Waals surface area contributed by atoms with Crippen molar-refractivity contribution in [3.05, 3.63) is 24.2 Å². The number of hydrogen-bond donors (Lipinski definition) is 2. The molecular formula is C18H26N2O3. The minimum Gasteiger partial charge on any atom is -0.459 e. The second kappa shape index (κ2) is 5.69. The Morgan fingerprint density at radius 1 is 1.35 bits per heavy atom. The molecule has 23 heavy (non-hydrogen) atoms. The Labute approximate surface area is 137 Å². The van der Waals surface area contributed by atoms with Crippen molar-refractivity contribution in [3.63, 3.8) is 0 Å². The first kappa shape index (κ1) is 16.1. The van der Waals surface area contributed by atoms with E-state index in [2.05, 4.69) is 31.4 Å². The number of carbonyl (C=O) groups excluding carboxylic acids is 2. The number of amides is 2. The highest BCUT2D eigenvalue weighted by Gasteiger charge is 2.61. The minimum atomic E-state index is -0.282. The molecular weight excluding hydrogens is 292 g/mol. The summed E-state index contributed by atoms with van der Waals surface area (Å²) in [5.41, 5.74) is 0.475. The van der Waals surface area contributed by atoms with E-state index in [-0.39, 0.29) is 29.0 Å². The Kier molecular flexibility index (Phi) is 3.98. The third-order valence-corrected chi connectivity index (χ3v) is 6.51. The van der Waals surface area contributed by atoms with E-state index in [0.717, 1.165) is 6.42 Å². The molecule has 3 unspecified atom stereocenters. The average molecular weight is 318 g/mol. The van der Waals surface area contributed by atoms with Crippen LogP contribution in [0.1, 0.15) is 57.0 Å². The molecule has 2 fully saturated rings. The first-order valence-corrected chi connectivity index (χ1v) is 8.45. The Balaban J connectivity index is 1.47. The molecule has 0 aromatic carbocycles. The van der Waals surface area contributed by atoms with Gasteiger partial charge in [0.15, 0.2) is 5.76 Å². The number of carbonyl (C=O) groups is 2. The van der Waals surface area contributed by atoms with Gasteiger partial charge in [0.25, 0.3) is 5.91 Å². The monoisotopic (exact) mass is 318 g/mol. The zero-order valence-electron chi connectivity index (χ0n) is 14.1. The van der Waals surface area contributed by atoms with Gasteiger partial charge >= 0.3 is 0 Å². The van der Waals surface area contributed by atoms with Gasteiger partial charge in [-0.15, -0.1) is 0 Å². The van der Waals surface area contributed by atoms with Gasteiger partial charge in [-0.05, 0) is 48.1 Å². The van der Waals surface area contributed by atoms with E-state index in [0.29, 0.717) is 24.3 Å². The molecule has 2 N–H and O–H groups in total. The van der Waals surface area contributed by atoms with Crippen molar-refractivity contribution in [2.24, 2.45) is 16.7 Å². The molecule has 0 spiro atoms. The quantitative estimate of drug-likeness (QED) is 0.877. The number of fused-ring (bicyclic) bond motifs is 2. The van der Waals surface area contributed by atoms with E-state index in [4.69, 9.17) is 4.42 Å². The van der Waals surface area contributed by atoms with Gasteiger partial charge in [-0.3, -0.25) is 9.59 Å². The lowest BCUT2D eigenvalue weighted by molar-refractivity contribution is -0.122. The molecule has 0 aliphatic heterocycles. The van der Waals surface area contributed by atoms with E-state index in [1.165, 1.54) is 19.1 Å². The largest absolute Gasteiger partial charge is 0.459 e. The lowest BCUT2D eigenvalue weighted by Crippen LogP contribution is -2.47. The smallest absolute Gasteiger partial charge is 0.286 e. The van der Waals surface area contributed by atoms with Crippen molar-refractivity contribution in [3.8, 4) is 0 Å². The zero-order valence-corrected chi connectivity index (χ0v) is 14.1. The summed E-state index contributed by atoms with van der Waals surface area (Å²) >= 11 is 0. The molecule has 2 aliphatic rings. The number of nitrogens with one attached hydrogen (secondary N) is 2. The summed E-state index contributed by atoms with van der Waals surface area (Å²) in [7, 11) is 0. The fraction of sp³-hybridized carbons (Fsp3) is 0.667. The van der Waals surface area contributed by atoms with Crippen LogP contribution in [0.4, 0.5) is 0 Å². The predicted octanol–water partition coefficient (Wildman–Crippen LogP) is 2.73. The molecule has 126 valence electrons. The lowest BCUT2D eigenvalue weighted by atomic mass is 9.69. The van der Waals surface area contributed by atoms with Gasteiger partial charge in [0.1, 0.15) is 0 Å². The van der Waals surface area contributed by atoms with E-state index >= 15 is 0 Å². The van der Waals surface area contributed by atoms with Crippen LogP contribution in [-0.2, 0) is 4.79 Å². The molecule has 1 aromatic rings. The minimum absolute atomic E-state index is 0.0133. The van der Waals surface area contributed by atoms with Crippen LogP contribution in [-0.4, -0.2) is 24.4 Å². The topological polar surface area (TPSA) is 71.3 Å². The van der Waals surface area contributed by atoms with Gasteiger partial charge in [0.05, 0.1) is 6.26 Å². The molecule has 3 rings (SSSR count). The van der Waals surface area contributed by atoms with Gasteiger partial charge in [0, 0.05) is 19.0 Å². The Morgan fingerprint density at radius 3 is 2.70 bits per heavy atom. The lowest BCUT2D eigenvalue weighted by Gasteiger charge is -2.39. The Morgan fingerprint density at radius 2 is 2.13 bits per heavy atom. The SMILES string of the molecule is CC1(C)C2CCC1(C)C(NC(=O)CCNC(=O)c1ccco1)C2. The van der Waals surface area contributed by atoms with Crippen molar-refractivity contribution in [2.45, 2.75) is 52.5 Å². The molecule has 2 amide bonds. The van der Waals surface area contributed by atoms with E-state index in [1.807, 2.05) is 0 Å². The summed E-state index contributed by atoms with van der Waals surface area (Å²) in [5, 5.41) is 5.91. The molecule has 2 aliphatic carbocycles. The van der Waals surface area contributed by atoms with Crippen LogP contribution in [0.3, 0.4) is 0 Å². The van der Waals surface area contributed by atoms with Crippen LogP contribution in [0.15, 0.2) is 22.8 Å². The van der Waals surface area contributed by atoms with Crippen molar-refractivity contribution >= 4 is 11.8 Å². The zero-order chi connectivity index (χ0) is 16.7. The highest BCUT2D eigenvalue weighted by Crippen LogP contribution is 2.65. The molecule has 0 saturated heterocycles. The highest BCUT2D eigenvalue weighted by atomic mass is 16.3. The molecule has 2 bridgehead atoms. The second-order valence-electron chi connectivity index (χ2n) is 7.71. The van der Waals surface area contributed by atoms with Gasteiger partial charge in [0.2, 0.25) is 5.91 Å². The summed E-state index contributed by atoms with van der Waals surface area (Å²) < 4.78 is 5.02. The van der Waals surface area contributed by atoms with E-state index < -0.39 is 0 Å². The summed E-state index contributed by atoms with van der Waals surface area (Å²) in [6.07, 6.45) is 5.29. The van der Waals surface area contributed by atoms with Crippen molar-refractivity contribution in [2.75, 3.05) is 6.54 Å². The van der Waals surface area contributed by atoms with Crippen LogP contribution in [0.25, 0.3) is 0 Å². The normalized spacial score (nSPS) is 31.1. The molecule has 3 atom stereocenters. The molecule has 0 radical (unpaired) electrons. The number of furan rings is 1. The van der Waals surface area contributed by atoms with Gasteiger partial charge in [-0.1, -0.05) is 20.8 Å². The maximum atomic E-state index is 12.2. The number of rotatable bonds is 5. The fourth-order valence-electron chi connectivity index (χ4n) is 4.47. The van der Waals surface area contributed by atoms with Gasteiger partial charge in [-0.2, -0.15) is 0 Å². The van der Waals surface area contributed by atoms with E-state index in [1.54, 1.807) is 12.1 Å². The Bertz CT molecular complexity index is 593. The summed E-state index contributed by atoms with van der Waals surface area (Å²) in [5.74, 6) is 0.708. The summed E-state index contributed by atoms with van der Waals surface area (Å²) in [4.78, 5) is 23.9. The standard InChI is InChI=1S/C18H26N2O3/c1-17(2)12-6-8-18(17,3)14(11-12)20-15(21)7-9-19-16(22)13-5-4-10-23-13/h4-5,10,12,14H,6-9,11H2,1-3H3,(H,19,22)(H,20,21). The van der Waals surface area contributed by atoms with Crippen LogP contribution in [0.5, 0.6) is 0 Å². The first-order chi connectivity index (χ1) is 10.8. The van der Waals surface area contributed by atoms with Crippen LogP contribution in [0, 0.1) is 16.7 Å². The maximum Gasteiger partial charge on any atom is 0.286 e. The first-order valence-electron chi connectivity index (χ1n) is 8.45. The average Bonchev–Trinajstić information content (AvgIpc) is 3.13.